The van der Waals surface area contributed by atoms with Crippen LogP contribution in [0.4, 0.5) is 10.7 Å². The molecule has 0 bridgehead atoms. The SMILES string of the molecule is CC(C)(C)OC(=O)N1CC(C(=O)O)Cn2ncnc21. The molecule has 104 valence electrons. The second kappa shape index (κ2) is 4.52. The Kier molecular flexibility index (Phi) is 3.17. The van der Waals surface area contributed by atoms with Crippen LogP contribution < -0.4 is 4.90 Å². The molecule has 0 aliphatic carbocycles. The van der Waals surface area contributed by atoms with Crippen LogP contribution in [0.25, 0.3) is 0 Å². The molecule has 1 amide bonds. The molecule has 0 radical (unpaired) electrons. The first-order chi connectivity index (χ1) is 8.78. The minimum Gasteiger partial charge on any atom is -0.481 e. The van der Waals surface area contributed by atoms with E-state index >= 15 is 0 Å². The normalized spacial score (nSPS) is 18.9. The van der Waals surface area contributed by atoms with Crippen molar-refractivity contribution < 1.29 is 19.4 Å². The summed E-state index contributed by atoms with van der Waals surface area (Å²) in [6.07, 6.45) is 0.671. The number of anilines is 1. The third-order valence-electron chi connectivity index (χ3n) is 2.60. The number of ether oxygens (including phenoxy) is 1. The summed E-state index contributed by atoms with van der Waals surface area (Å²) >= 11 is 0. The topological polar surface area (TPSA) is 97.6 Å². The Bertz CT molecular complexity index is 505. The number of carboxylic acids is 1. The first kappa shape index (κ1) is 13.3. The molecule has 1 aromatic rings. The van der Waals surface area contributed by atoms with Gasteiger partial charge in [0.1, 0.15) is 11.9 Å². The van der Waals surface area contributed by atoms with Gasteiger partial charge < -0.3 is 9.84 Å². The fraction of sp³-hybridized carbons (Fsp3) is 0.636. The lowest BCUT2D eigenvalue weighted by Crippen LogP contribution is -2.47. The summed E-state index contributed by atoms with van der Waals surface area (Å²) in [7, 11) is 0. The highest BCUT2D eigenvalue weighted by molar-refractivity contribution is 5.87. The number of hydrogen-bond acceptors (Lipinski definition) is 5. The number of aromatic nitrogens is 3. The summed E-state index contributed by atoms with van der Waals surface area (Å²) in [5.74, 6) is -1.39. The lowest BCUT2D eigenvalue weighted by atomic mass is 10.1. The molecule has 2 rings (SSSR count). The summed E-state index contributed by atoms with van der Waals surface area (Å²) in [4.78, 5) is 28.3. The van der Waals surface area contributed by atoms with Gasteiger partial charge in [-0.2, -0.15) is 10.1 Å². The van der Waals surface area contributed by atoms with E-state index in [-0.39, 0.29) is 13.1 Å². The van der Waals surface area contributed by atoms with Crippen LogP contribution in [0.2, 0.25) is 0 Å². The second-order valence-electron chi connectivity index (χ2n) is 5.37. The molecule has 1 N–H and O–H groups in total. The van der Waals surface area contributed by atoms with E-state index in [9.17, 15) is 9.59 Å². The van der Waals surface area contributed by atoms with Crippen molar-refractivity contribution in [1.29, 1.82) is 0 Å². The van der Waals surface area contributed by atoms with Crippen LogP contribution in [0.5, 0.6) is 0 Å². The van der Waals surface area contributed by atoms with Crippen LogP contribution in [0.3, 0.4) is 0 Å². The van der Waals surface area contributed by atoms with Crippen LogP contribution in [-0.2, 0) is 16.1 Å². The quantitative estimate of drug-likeness (QED) is 0.806. The highest BCUT2D eigenvalue weighted by Crippen LogP contribution is 2.23. The van der Waals surface area contributed by atoms with Gasteiger partial charge in [-0.15, -0.1) is 0 Å². The van der Waals surface area contributed by atoms with Gasteiger partial charge in [-0.25, -0.2) is 14.4 Å². The lowest BCUT2D eigenvalue weighted by Gasteiger charge is -2.31. The summed E-state index contributed by atoms with van der Waals surface area (Å²) in [5, 5.41) is 13.0. The molecule has 1 atom stereocenters. The van der Waals surface area contributed by atoms with Crippen molar-refractivity contribution in [2.24, 2.45) is 5.92 Å². The monoisotopic (exact) mass is 268 g/mol. The van der Waals surface area contributed by atoms with Gasteiger partial charge >= 0.3 is 12.1 Å². The Hall–Kier alpha value is -2.12. The summed E-state index contributed by atoms with van der Waals surface area (Å²) < 4.78 is 6.64. The summed E-state index contributed by atoms with van der Waals surface area (Å²) in [6, 6.07) is 0. The van der Waals surface area contributed by atoms with Crippen LogP contribution >= 0.6 is 0 Å². The third kappa shape index (κ3) is 2.83. The highest BCUT2D eigenvalue weighted by atomic mass is 16.6. The van der Waals surface area contributed by atoms with Gasteiger partial charge in [0, 0.05) is 6.54 Å². The van der Waals surface area contributed by atoms with E-state index in [0.29, 0.717) is 5.95 Å². The molecule has 1 aliphatic rings. The van der Waals surface area contributed by atoms with Gasteiger partial charge in [-0.1, -0.05) is 0 Å². The van der Waals surface area contributed by atoms with E-state index in [4.69, 9.17) is 9.84 Å². The van der Waals surface area contributed by atoms with E-state index in [1.807, 2.05) is 0 Å². The van der Waals surface area contributed by atoms with Crippen molar-refractivity contribution in [3.8, 4) is 0 Å². The number of nitrogens with zero attached hydrogens (tertiary/aromatic N) is 4. The molecule has 0 aromatic carbocycles. The van der Waals surface area contributed by atoms with E-state index in [1.54, 1.807) is 20.8 Å². The number of rotatable bonds is 1. The Balaban J connectivity index is 2.25. The molecule has 1 aliphatic heterocycles. The number of carbonyl (C=O) groups is 2. The predicted octanol–water partition coefficient (Wildman–Crippen LogP) is 0.734. The smallest absolute Gasteiger partial charge is 0.417 e. The van der Waals surface area contributed by atoms with Gasteiger partial charge in [0.25, 0.3) is 0 Å². The predicted molar refractivity (Wildman–Crippen MR) is 64.7 cm³/mol. The first-order valence-electron chi connectivity index (χ1n) is 5.89. The van der Waals surface area contributed by atoms with Crippen molar-refractivity contribution in [1.82, 2.24) is 14.8 Å². The maximum Gasteiger partial charge on any atom is 0.417 e. The van der Waals surface area contributed by atoms with E-state index in [2.05, 4.69) is 10.1 Å². The number of carboxylic acid groups (broad SMARTS) is 1. The molecule has 0 saturated carbocycles. The molecule has 1 aromatic heterocycles. The maximum absolute atomic E-state index is 12.1. The molecule has 0 saturated heterocycles. The standard InChI is InChI=1S/C11H16N4O4/c1-11(2,3)19-10(18)14-4-7(8(16)17)5-15-9(14)12-6-13-15/h6-7H,4-5H2,1-3H3,(H,16,17). The number of aliphatic carboxylic acids is 1. The van der Waals surface area contributed by atoms with Crippen LogP contribution in [0.1, 0.15) is 20.8 Å². The Morgan fingerprint density at radius 1 is 1.42 bits per heavy atom. The Morgan fingerprint density at radius 3 is 2.68 bits per heavy atom. The number of hydrogen-bond donors (Lipinski definition) is 1. The van der Waals surface area contributed by atoms with Gasteiger partial charge in [0.2, 0.25) is 5.95 Å². The zero-order chi connectivity index (χ0) is 14.2. The minimum atomic E-state index is -0.977. The molecule has 2 heterocycles. The van der Waals surface area contributed by atoms with Crippen molar-refractivity contribution in [3.63, 3.8) is 0 Å². The van der Waals surface area contributed by atoms with Crippen LogP contribution in [-0.4, -0.2) is 44.1 Å². The molecule has 0 fully saturated rings. The Morgan fingerprint density at radius 2 is 2.11 bits per heavy atom. The first-order valence-corrected chi connectivity index (χ1v) is 5.89. The number of amides is 1. The molecular formula is C11H16N4O4. The zero-order valence-electron chi connectivity index (χ0n) is 11.0. The molecule has 8 heteroatoms. The fourth-order valence-corrected chi connectivity index (χ4v) is 1.79. The largest absolute Gasteiger partial charge is 0.481 e. The van der Waals surface area contributed by atoms with Gasteiger partial charge in [-0.05, 0) is 20.8 Å². The molecule has 1 unspecified atom stereocenters. The summed E-state index contributed by atoms with van der Waals surface area (Å²) in [5.41, 5.74) is -0.655. The molecule has 19 heavy (non-hydrogen) atoms. The molecule has 8 nitrogen and oxygen atoms in total. The zero-order valence-corrected chi connectivity index (χ0v) is 11.0. The van der Waals surface area contributed by atoms with E-state index in [1.165, 1.54) is 15.9 Å². The average Bonchev–Trinajstić information content (AvgIpc) is 2.72. The van der Waals surface area contributed by atoms with Crippen molar-refractivity contribution in [2.75, 3.05) is 11.4 Å². The van der Waals surface area contributed by atoms with Crippen molar-refractivity contribution >= 4 is 18.0 Å². The van der Waals surface area contributed by atoms with Crippen LogP contribution in [0, 0.1) is 5.92 Å². The van der Waals surface area contributed by atoms with Crippen molar-refractivity contribution in [3.05, 3.63) is 6.33 Å². The highest BCUT2D eigenvalue weighted by Gasteiger charge is 2.36. The molecule has 0 spiro atoms. The minimum absolute atomic E-state index is 0.0307. The average molecular weight is 268 g/mol. The van der Waals surface area contributed by atoms with E-state index < -0.39 is 23.6 Å². The molecular weight excluding hydrogens is 252 g/mol. The Labute approximate surface area is 110 Å². The maximum atomic E-state index is 12.1. The lowest BCUT2D eigenvalue weighted by molar-refractivity contribution is -0.142. The van der Waals surface area contributed by atoms with Crippen molar-refractivity contribution in [2.45, 2.75) is 32.9 Å². The van der Waals surface area contributed by atoms with Gasteiger partial charge in [-0.3, -0.25) is 4.79 Å². The summed E-state index contributed by atoms with van der Waals surface area (Å²) in [6.45, 7) is 5.46. The van der Waals surface area contributed by atoms with Crippen LogP contribution in [0.15, 0.2) is 6.33 Å². The van der Waals surface area contributed by atoms with E-state index in [0.717, 1.165) is 0 Å². The fourth-order valence-electron chi connectivity index (χ4n) is 1.79. The number of carbonyl (C=O) groups excluding carboxylic acids is 1. The number of fused-ring (bicyclic) bond motifs is 1. The van der Waals surface area contributed by atoms with Gasteiger partial charge in [0.05, 0.1) is 12.5 Å². The third-order valence-corrected chi connectivity index (χ3v) is 2.60. The van der Waals surface area contributed by atoms with Gasteiger partial charge in [0.15, 0.2) is 0 Å². The second-order valence-corrected chi connectivity index (χ2v) is 5.37.